The van der Waals surface area contributed by atoms with Crippen LogP contribution in [-0.2, 0) is 16.1 Å². The van der Waals surface area contributed by atoms with Gasteiger partial charge in [-0.1, -0.05) is 54.6 Å². The van der Waals surface area contributed by atoms with E-state index in [0.717, 1.165) is 21.6 Å². The summed E-state index contributed by atoms with van der Waals surface area (Å²) in [5, 5.41) is 13.6. The number of piperazine rings is 1. The zero-order valence-corrected chi connectivity index (χ0v) is 13.3. The number of quaternary nitrogens is 1. The number of hydrogen-bond acceptors (Lipinski definition) is 3. The molecule has 5 nitrogen and oxygen atoms in total. The van der Waals surface area contributed by atoms with Crippen molar-refractivity contribution in [1.82, 2.24) is 5.32 Å². The lowest BCUT2D eigenvalue weighted by Crippen LogP contribution is -3.18. The Hall–Kier alpha value is -2.66. The van der Waals surface area contributed by atoms with Crippen molar-refractivity contribution in [3.05, 3.63) is 60.2 Å². The van der Waals surface area contributed by atoms with Crippen LogP contribution in [0.15, 0.2) is 54.6 Å². The molecule has 1 saturated heterocycles. The molecule has 0 aromatic heterocycles. The largest absolute Gasteiger partial charge is 0.550 e. The van der Waals surface area contributed by atoms with Crippen molar-refractivity contribution in [1.29, 1.82) is 0 Å². The van der Waals surface area contributed by atoms with E-state index in [2.05, 4.69) is 29.6 Å². The van der Waals surface area contributed by atoms with E-state index in [1.54, 1.807) is 0 Å². The maximum Gasteiger partial charge on any atom is 0.278 e. The number of aliphatic carboxylic acids is 1. The highest BCUT2D eigenvalue weighted by Crippen LogP contribution is 2.19. The molecular weight excluding hydrogens is 304 g/mol. The Bertz CT molecular complexity index is 713. The van der Waals surface area contributed by atoms with E-state index in [9.17, 15) is 14.7 Å². The number of carboxylic acid groups (broad SMARTS) is 1. The van der Waals surface area contributed by atoms with Crippen LogP contribution in [0.25, 0.3) is 11.1 Å². The minimum Gasteiger partial charge on any atom is -0.550 e. The average Bonchev–Trinajstić information content (AvgIpc) is 2.59. The maximum atomic E-state index is 11.9. The molecule has 0 aliphatic carbocycles. The normalized spacial score (nSPS) is 20.4. The second kappa shape index (κ2) is 7.27. The molecule has 0 spiro atoms. The predicted octanol–water partition coefficient (Wildman–Crippen LogP) is -0.623. The Balaban J connectivity index is 1.72. The van der Waals surface area contributed by atoms with Gasteiger partial charge in [0.15, 0.2) is 6.04 Å². The Labute approximate surface area is 140 Å². The summed E-state index contributed by atoms with van der Waals surface area (Å²) in [6.45, 7) is 1.91. The smallest absolute Gasteiger partial charge is 0.278 e. The van der Waals surface area contributed by atoms with Gasteiger partial charge in [-0.25, -0.2) is 0 Å². The van der Waals surface area contributed by atoms with E-state index in [1.165, 1.54) is 0 Å². The molecule has 3 rings (SSSR count). The minimum absolute atomic E-state index is 0.207. The van der Waals surface area contributed by atoms with Crippen LogP contribution in [0.1, 0.15) is 12.0 Å². The molecule has 5 heteroatoms. The van der Waals surface area contributed by atoms with Gasteiger partial charge in [0, 0.05) is 18.0 Å². The van der Waals surface area contributed by atoms with Gasteiger partial charge in [0.1, 0.15) is 6.54 Å². The lowest BCUT2D eigenvalue weighted by atomic mass is 10.0. The molecule has 0 saturated carbocycles. The highest BCUT2D eigenvalue weighted by Gasteiger charge is 2.33. The first-order chi connectivity index (χ1) is 11.6. The fraction of sp³-hybridized carbons (Fsp3) is 0.263. The molecule has 1 unspecified atom stereocenters. The van der Waals surface area contributed by atoms with E-state index < -0.39 is 12.0 Å². The highest BCUT2D eigenvalue weighted by molar-refractivity contribution is 5.84. The Morgan fingerprint density at radius 1 is 1.08 bits per heavy atom. The molecule has 2 aromatic carbocycles. The maximum absolute atomic E-state index is 11.9. The van der Waals surface area contributed by atoms with Crippen LogP contribution >= 0.6 is 0 Å². The number of amides is 1. The summed E-state index contributed by atoms with van der Waals surface area (Å²) in [6, 6.07) is 17.7. The topological polar surface area (TPSA) is 73.7 Å². The molecule has 1 fully saturated rings. The predicted molar refractivity (Wildman–Crippen MR) is 87.8 cm³/mol. The van der Waals surface area contributed by atoms with E-state index >= 15 is 0 Å². The molecule has 0 bridgehead atoms. The summed E-state index contributed by atoms with van der Waals surface area (Å²) in [4.78, 5) is 23.8. The van der Waals surface area contributed by atoms with Crippen molar-refractivity contribution < 1.29 is 19.6 Å². The van der Waals surface area contributed by atoms with Gasteiger partial charge >= 0.3 is 0 Å². The summed E-state index contributed by atoms with van der Waals surface area (Å²) in [6.07, 6.45) is -0.247. The van der Waals surface area contributed by atoms with Crippen LogP contribution in [0, 0.1) is 0 Å². The molecule has 1 amide bonds. The molecule has 124 valence electrons. The van der Waals surface area contributed by atoms with Crippen molar-refractivity contribution in [2.45, 2.75) is 19.0 Å². The highest BCUT2D eigenvalue weighted by atomic mass is 16.4. The second-order valence-corrected chi connectivity index (χ2v) is 6.07. The SMILES string of the molecule is O=C([O-])C[C@H]1C(=O)NCC[NH+]1Cc1ccc(-c2ccccc2)cc1. The van der Waals surface area contributed by atoms with Gasteiger partial charge in [-0.2, -0.15) is 0 Å². The second-order valence-electron chi connectivity index (χ2n) is 6.07. The lowest BCUT2D eigenvalue weighted by molar-refractivity contribution is -0.930. The van der Waals surface area contributed by atoms with Gasteiger partial charge in [0.05, 0.1) is 13.1 Å². The molecule has 1 aliphatic rings. The average molecular weight is 324 g/mol. The van der Waals surface area contributed by atoms with Crippen LogP contribution in [-0.4, -0.2) is 31.0 Å². The first-order valence-corrected chi connectivity index (χ1v) is 8.10. The molecule has 2 atom stereocenters. The summed E-state index contributed by atoms with van der Waals surface area (Å²) in [7, 11) is 0. The Kier molecular flexibility index (Phi) is 4.91. The van der Waals surface area contributed by atoms with Gasteiger partial charge in [0.2, 0.25) is 0 Å². The standard InChI is InChI=1S/C19H20N2O3/c22-18(23)12-17-19(24)20-10-11-21(17)13-14-6-8-16(9-7-14)15-4-2-1-3-5-15/h1-9,17H,10-13H2,(H,20,24)(H,22,23)/t17-/m0/s1. The third-order valence-corrected chi connectivity index (χ3v) is 4.42. The third-order valence-electron chi connectivity index (χ3n) is 4.42. The summed E-state index contributed by atoms with van der Waals surface area (Å²) in [5.74, 6) is -1.39. The number of carboxylic acids is 1. The molecular formula is C19H20N2O3. The monoisotopic (exact) mass is 324 g/mol. The van der Waals surface area contributed by atoms with Crippen LogP contribution in [0.4, 0.5) is 0 Å². The molecule has 1 aliphatic heterocycles. The summed E-state index contributed by atoms with van der Waals surface area (Å²) in [5.41, 5.74) is 3.38. The number of carbonyl (C=O) groups excluding carboxylic acids is 2. The van der Waals surface area contributed by atoms with Crippen LogP contribution < -0.4 is 15.3 Å². The van der Waals surface area contributed by atoms with Crippen molar-refractivity contribution >= 4 is 11.9 Å². The molecule has 24 heavy (non-hydrogen) atoms. The Morgan fingerprint density at radius 3 is 2.42 bits per heavy atom. The van der Waals surface area contributed by atoms with Crippen molar-refractivity contribution in [2.75, 3.05) is 13.1 Å². The number of carbonyl (C=O) groups is 2. The van der Waals surface area contributed by atoms with Gasteiger partial charge in [-0.3, -0.25) is 4.79 Å². The number of benzene rings is 2. The fourth-order valence-electron chi connectivity index (χ4n) is 3.15. The molecule has 1 heterocycles. The summed E-state index contributed by atoms with van der Waals surface area (Å²) < 4.78 is 0. The first kappa shape index (κ1) is 16.2. The minimum atomic E-state index is -1.19. The first-order valence-electron chi connectivity index (χ1n) is 8.10. The van der Waals surface area contributed by atoms with Crippen molar-refractivity contribution in [3.63, 3.8) is 0 Å². The molecule has 2 N–H and O–H groups in total. The van der Waals surface area contributed by atoms with Gasteiger partial charge in [-0.05, 0) is 11.1 Å². The molecule has 0 radical (unpaired) electrons. The lowest BCUT2D eigenvalue weighted by Gasteiger charge is -2.32. The van der Waals surface area contributed by atoms with E-state index in [0.29, 0.717) is 19.6 Å². The van der Waals surface area contributed by atoms with E-state index in [-0.39, 0.29) is 12.3 Å². The van der Waals surface area contributed by atoms with Crippen LogP contribution in [0.3, 0.4) is 0 Å². The zero-order chi connectivity index (χ0) is 16.9. The van der Waals surface area contributed by atoms with E-state index in [4.69, 9.17) is 0 Å². The fourth-order valence-corrected chi connectivity index (χ4v) is 3.15. The number of nitrogens with one attached hydrogen (secondary N) is 2. The number of hydrogen-bond donors (Lipinski definition) is 2. The van der Waals surface area contributed by atoms with Crippen LogP contribution in [0.2, 0.25) is 0 Å². The van der Waals surface area contributed by atoms with Gasteiger partial charge in [-0.15, -0.1) is 0 Å². The van der Waals surface area contributed by atoms with Crippen molar-refractivity contribution in [2.24, 2.45) is 0 Å². The third kappa shape index (κ3) is 3.81. The molecule has 2 aromatic rings. The zero-order valence-electron chi connectivity index (χ0n) is 13.3. The number of rotatable bonds is 5. The van der Waals surface area contributed by atoms with Gasteiger partial charge in [0.25, 0.3) is 5.91 Å². The van der Waals surface area contributed by atoms with Crippen LogP contribution in [0.5, 0.6) is 0 Å². The quantitative estimate of drug-likeness (QED) is 0.770. The van der Waals surface area contributed by atoms with Gasteiger partial charge < -0.3 is 20.1 Å². The Morgan fingerprint density at radius 2 is 1.75 bits per heavy atom. The van der Waals surface area contributed by atoms with E-state index in [1.807, 2.05) is 30.3 Å². The van der Waals surface area contributed by atoms with Crippen molar-refractivity contribution in [3.8, 4) is 11.1 Å². The summed E-state index contributed by atoms with van der Waals surface area (Å²) >= 11 is 0.